The predicted octanol–water partition coefficient (Wildman–Crippen LogP) is 2.44. The molecule has 3 aliphatic rings. The zero-order valence-electron chi connectivity index (χ0n) is 14.5. The van der Waals surface area contributed by atoms with Crippen molar-refractivity contribution in [2.45, 2.75) is 26.7 Å². The van der Waals surface area contributed by atoms with Gasteiger partial charge in [0.2, 0.25) is 17.7 Å². The SMILES string of the molecule is Cc1cccc(NC(=O)CCN2C(=O)C3C4C=CC(C4)C3C2=O)c1C. The van der Waals surface area contributed by atoms with Crippen molar-refractivity contribution < 1.29 is 14.4 Å². The Morgan fingerprint density at radius 2 is 1.76 bits per heavy atom. The molecule has 5 nitrogen and oxygen atoms in total. The number of hydrogen-bond donors (Lipinski definition) is 1. The molecule has 2 aliphatic carbocycles. The van der Waals surface area contributed by atoms with Crippen molar-refractivity contribution in [1.29, 1.82) is 0 Å². The second-order valence-corrected chi connectivity index (χ2v) is 7.37. The van der Waals surface area contributed by atoms with Crippen molar-refractivity contribution in [2.24, 2.45) is 23.7 Å². The number of likely N-dealkylation sites (tertiary alicyclic amines) is 1. The Balaban J connectivity index is 1.39. The van der Waals surface area contributed by atoms with Gasteiger partial charge in [-0.2, -0.15) is 0 Å². The molecule has 2 fully saturated rings. The molecule has 1 heterocycles. The summed E-state index contributed by atoms with van der Waals surface area (Å²) in [4.78, 5) is 38.8. The van der Waals surface area contributed by atoms with Gasteiger partial charge in [-0.3, -0.25) is 19.3 Å². The van der Waals surface area contributed by atoms with Gasteiger partial charge >= 0.3 is 0 Å². The first-order valence-corrected chi connectivity index (χ1v) is 8.87. The molecule has 1 saturated heterocycles. The standard InChI is InChI=1S/C20H22N2O3/c1-11-4-3-5-15(12(11)2)21-16(23)8-9-22-19(24)17-13-6-7-14(10-13)18(17)20(22)25/h3-7,13-14,17-18H,8-10H2,1-2H3,(H,21,23). The molecule has 3 amide bonds. The van der Waals surface area contributed by atoms with Crippen LogP contribution in [-0.2, 0) is 14.4 Å². The number of nitrogens with zero attached hydrogens (tertiary/aromatic N) is 1. The first-order chi connectivity index (χ1) is 12.0. The van der Waals surface area contributed by atoms with Crippen LogP contribution in [0, 0.1) is 37.5 Å². The van der Waals surface area contributed by atoms with Gasteiger partial charge in [-0.1, -0.05) is 24.3 Å². The average Bonchev–Trinajstić information content (AvgIpc) is 3.25. The first kappa shape index (κ1) is 16.1. The molecular weight excluding hydrogens is 316 g/mol. The maximum atomic E-state index is 12.6. The number of nitrogens with one attached hydrogen (secondary N) is 1. The number of fused-ring (bicyclic) bond motifs is 5. The van der Waals surface area contributed by atoms with Gasteiger partial charge in [0.1, 0.15) is 0 Å². The van der Waals surface area contributed by atoms with E-state index in [1.165, 1.54) is 4.90 Å². The van der Waals surface area contributed by atoms with E-state index < -0.39 is 0 Å². The monoisotopic (exact) mass is 338 g/mol. The van der Waals surface area contributed by atoms with Crippen LogP contribution in [0.4, 0.5) is 5.69 Å². The van der Waals surface area contributed by atoms with E-state index in [0.717, 1.165) is 23.2 Å². The summed E-state index contributed by atoms with van der Waals surface area (Å²) in [6, 6.07) is 5.75. The van der Waals surface area contributed by atoms with E-state index in [4.69, 9.17) is 0 Å². The highest BCUT2D eigenvalue weighted by molar-refractivity contribution is 6.06. The van der Waals surface area contributed by atoms with E-state index in [2.05, 4.69) is 17.5 Å². The number of carbonyl (C=O) groups is 3. The second-order valence-electron chi connectivity index (χ2n) is 7.37. The highest BCUT2D eigenvalue weighted by Gasteiger charge is 2.58. The molecule has 0 radical (unpaired) electrons. The molecule has 130 valence electrons. The van der Waals surface area contributed by atoms with Gasteiger partial charge in [-0.25, -0.2) is 0 Å². The molecule has 1 aromatic carbocycles. The normalized spacial score (nSPS) is 29.4. The summed E-state index contributed by atoms with van der Waals surface area (Å²) < 4.78 is 0. The molecule has 25 heavy (non-hydrogen) atoms. The number of imide groups is 1. The molecule has 2 bridgehead atoms. The van der Waals surface area contributed by atoms with Crippen molar-refractivity contribution in [3.05, 3.63) is 41.5 Å². The van der Waals surface area contributed by atoms with E-state index in [1.807, 2.05) is 32.0 Å². The van der Waals surface area contributed by atoms with Crippen LogP contribution in [0.1, 0.15) is 24.0 Å². The summed E-state index contributed by atoms with van der Waals surface area (Å²) >= 11 is 0. The zero-order chi connectivity index (χ0) is 17.7. The Morgan fingerprint density at radius 3 is 2.40 bits per heavy atom. The van der Waals surface area contributed by atoms with Gasteiger partial charge in [0.25, 0.3) is 0 Å². The minimum Gasteiger partial charge on any atom is -0.326 e. The third-order valence-corrected chi connectivity index (χ3v) is 6.00. The third-order valence-electron chi connectivity index (χ3n) is 6.00. The van der Waals surface area contributed by atoms with Gasteiger partial charge < -0.3 is 5.32 Å². The number of carbonyl (C=O) groups excluding carboxylic acids is 3. The predicted molar refractivity (Wildman–Crippen MR) is 93.6 cm³/mol. The van der Waals surface area contributed by atoms with Crippen LogP contribution in [0.2, 0.25) is 0 Å². The van der Waals surface area contributed by atoms with Gasteiger partial charge in [0.15, 0.2) is 0 Å². The molecule has 4 unspecified atom stereocenters. The number of benzene rings is 1. The summed E-state index contributed by atoms with van der Waals surface area (Å²) in [5.74, 6) is -0.320. The lowest BCUT2D eigenvalue weighted by atomic mass is 9.85. The highest BCUT2D eigenvalue weighted by Crippen LogP contribution is 2.52. The summed E-state index contributed by atoms with van der Waals surface area (Å²) in [7, 11) is 0. The van der Waals surface area contributed by atoms with Crippen LogP contribution in [0.15, 0.2) is 30.4 Å². The van der Waals surface area contributed by atoms with Crippen LogP contribution in [-0.4, -0.2) is 29.2 Å². The third kappa shape index (κ3) is 2.49. The Morgan fingerprint density at radius 1 is 1.12 bits per heavy atom. The molecule has 1 aliphatic heterocycles. The Kier molecular flexibility index (Phi) is 3.74. The Labute approximate surface area is 147 Å². The molecule has 0 aromatic heterocycles. The molecule has 1 N–H and O–H groups in total. The maximum absolute atomic E-state index is 12.6. The van der Waals surface area contributed by atoms with Gasteiger partial charge in [-0.15, -0.1) is 0 Å². The van der Waals surface area contributed by atoms with Gasteiger partial charge in [0, 0.05) is 18.7 Å². The number of allylic oxidation sites excluding steroid dienone is 2. The fraction of sp³-hybridized carbons (Fsp3) is 0.450. The first-order valence-electron chi connectivity index (χ1n) is 8.87. The number of anilines is 1. The zero-order valence-corrected chi connectivity index (χ0v) is 14.5. The Hall–Kier alpha value is -2.43. The smallest absolute Gasteiger partial charge is 0.233 e. The van der Waals surface area contributed by atoms with Crippen LogP contribution in [0.25, 0.3) is 0 Å². The van der Waals surface area contributed by atoms with Crippen molar-refractivity contribution in [3.63, 3.8) is 0 Å². The van der Waals surface area contributed by atoms with Crippen LogP contribution < -0.4 is 5.32 Å². The fourth-order valence-electron chi connectivity index (χ4n) is 4.50. The van der Waals surface area contributed by atoms with Gasteiger partial charge in [-0.05, 0) is 49.3 Å². The molecule has 1 aromatic rings. The number of rotatable bonds is 4. The molecule has 5 heteroatoms. The summed E-state index contributed by atoms with van der Waals surface area (Å²) in [5.41, 5.74) is 2.92. The Bertz CT molecular complexity index is 768. The van der Waals surface area contributed by atoms with Crippen LogP contribution >= 0.6 is 0 Å². The van der Waals surface area contributed by atoms with Crippen molar-refractivity contribution in [3.8, 4) is 0 Å². The molecule has 0 spiro atoms. The van der Waals surface area contributed by atoms with Crippen LogP contribution in [0.5, 0.6) is 0 Å². The molecule has 1 saturated carbocycles. The second kappa shape index (κ2) is 5.83. The lowest BCUT2D eigenvalue weighted by Crippen LogP contribution is -2.35. The molecule has 4 rings (SSSR count). The highest BCUT2D eigenvalue weighted by atomic mass is 16.2. The topological polar surface area (TPSA) is 66.5 Å². The quantitative estimate of drug-likeness (QED) is 0.677. The number of amides is 3. The van der Waals surface area contributed by atoms with Gasteiger partial charge in [0.05, 0.1) is 11.8 Å². The minimum absolute atomic E-state index is 0.0913. The van der Waals surface area contributed by atoms with E-state index in [1.54, 1.807) is 0 Å². The average molecular weight is 338 g/mol. The largest absolute Gasteiger partial charge is 0.326 e. The minimum atomic E-state index is -0.190. The summed E-state index contributed by atoms with van der Waals surface area (Å²) in [6.07, 6.45) is 5.21. The van der Waals surface area contributed by atoms with Crippen LogP contribution in [0.3, 0.4) is 0 Å². The van der Waals surface area contributed by atoms with Crippen molar-refractivity contribution >= 4 is 23.4 Å². The lowest BCUT2D eigenvalue weighted by Gasteiger charge is -2.17. The van der Waals surface area contributed by atoms with Crippen molar-refractivity contribution in [2.75, 3.05) is 11.9 Å². The van der Waals surface area contributed by atoms with E-state index in [-0.39, 0.29) is 54.4 Å². The fourth-order valence-corrected chi connectivity index (χ4v) is 4.50. The van der Waals surface area contributed by atoms with E-state index in [0.29, 0.717) is 0 Å². The van der Waals surface area contributed by atoms with E-state index >= 15 is 0 Å². The van der Waals surface area contributed by atoms with Crippen molar-refractivity contribution in [1.82, 2.24) is 4.90 Å². The number of hydrogen-bond acceptors (Lipinski definition) is 3. The summed E-state index contributed by atoms with van der Waals surface area (Å²) in [5, 5.41) is 2.88. The number of aryl methyl sites for hydroxylation is 1. The maximum Gasteiger partial charge on any atom is 0.233 e. The van der Waals surface area contributed by atoms with E-state index in [9.17, 15) is 14.4 Å². The molecule has 4 atom stereocenters. The summed E-state index contributed by atoms with van der Waals surface area (Å²) in [6.45, 7) is 4.12. The molecular formula is C20H22N2O3. The lowest BCUT2D eigenvalue weighted by molar-refractivity contribution is -0.140.